The zero-order chi connectivity index (χ0) is 13.2. The Morgan fingerprint density at radius 2 is 2.06 bits per heavy atom. The van der Waals surface area contributed by atoms with Crippen LogP contribution in [0.4, 0.5) is 23.2 Å². The van der Waals surface area contributed by atoms with Gasteiger partial charge in [0.25, 0.3) is 0 Å². The second kappa shape index (κ2) is 4.68. The predicted molar refractivity (Wildman–Crippen MR) is 51.3 cm³/mol. The van der Waals surface area contributed by atoms with Crippen molar-refractivity contribution in [3.8, 4) is 11.5 Å². The van der Waals surface area contributed by atoms with E-state index in [-0.39, 0.29) is 0 Å². The van der Waals surface area contributed by atoms with Crippen LogP contribution in [0.2, 0.25) is 0 Å². The van der Waals surface area contributed by atoms with Crippen LogP contribution in [0, 0.1) is 5.82 Å². The van der Waals surface area contributed by atoms with Gasteiger partial charge in [0, 0.05) is 4.91 Å². The number of benzene rings is 1. The largest absolute Gasteiger partial charge is 0.573 e. The lowest BCUT2D eigenvalue weighted by molar-refractivity contribution is -0.276. The summed E-state index contributed by atoms with van der Waals surface area (Å²) >= 11 is 2.59. The smallest absolute Gasteiger partial charge is 0.504 e. The lowest BCUT2D eigenvalue weighted by atomic mass is 10.2. The number of alkyl halides is 3. The highest BCUT2D eigenvalue weighted by atomic mass is 79.9. The van der Waals surface area contributed by atoms with Crippen molar-refractivity contribution in [1.29, 1.82) is 0 Å². The van der Waals surface area contributed by atoms with Crippen LogP contribution in [0.5, 0.6) is 11.5 Å². The number of halogens is 5. The predicted octanol–water partition coefficient (Wildman–Crippen LogP) is 4.13. The van der Waals surface area contributed by atoms with Gasteiger partial charge in [-0.1, -0.05) is 5.11 Å². The molecule has 17 heavy (non-hydrogen) atoms. The van der Waals surface area contributed by atoms with Crippen LogP contribution < -0.4 is 4.74 Å². The van der Waals surface area contributed by atoms with Crippen LogP contribution in [0.15, 0.2) is 15.7 Å². The van der Waals surface area contributed by atoms with Crippen molar-refractivity contribution in [2.24, 2.45) is 5.11 Å². The molecule has 0 aliphatic heterocycles. The van der Waals surface area contributed by atoms with Crippen LogP contribution in [0.1, 0.15) is 0 Å². The highest BCUT2D eigenvalue weighted by Crippen LogP contribution is 2.44. The molecule has 0 aliphatic rings. The number of azide groups is 1. The summed E-state index contributed by atoms with van der Waals surface area (Å²) in [5.74, 6) is -4.16. The summed E-state index contributed by atoms with van der Waals surface area (Å²) in [4.78, 5) is 2.26. The highest BCUT2D eigenvalue weighted by Gasteiger charge is 2.35. The minimum atomic E-state index is -5.19. The topological polar surface area (TPSA) is 78.2 Å². The normalized spacial score (nSPS) is 10.9. The fraction of sp³-hybridized carbons (Fsp3) is 0.143. The molecule has 1 N–H and O–H groups in total. The summed E-state index contributed by atoms with van der Waals surface area (Å²) in [5.41, 5.74) is 7.51. The summed E-state index contributed by atoms with van der Waals surface area (Å²) in [5, 5.41) is 12.1. The average Bonchev–Trinajstić information content (AvgIpc) is 2.20. The molecular weight excluding hydrogens is 314 g/mol. The number of hydrogen-bond donors (Lipinski definition) is 1. The zero-order valence-corrected chi connectivity index (χ0v) is 9.25. The molecule has 0 saturated heterocycles. The molecule has 1 aromatic carbocycles. The van der Waals surface area contributed by atoms with Gasteiger partial charge in [-0.2, -0.15) is 0 Å². The Labute approximate surface area is 99.4 Å². The molecular formula is C7H2BrF4N3O2. The van der Waals surface area contributed by atoms with Crippen molar-refractivity contribution < 1.29 is 27.4 Å². The van der Waals surface area contributed by atoms with E-state index < -0.39 is 33.8 Å². The number of hydrogen-bond acceptors (Lipinski definition) is 3. The Kier molecular flexibility index (Phi) is 3.69. The van der Waals surface area contributed by atoms with E-state index in [2.05, 4.69) is 30.7 Å². The molecule has 0 unspecified atom stereocenters. The minimum Gasteiger partial charge on any atom is -0.504 e. The molecule has 0 aliphatic carbocycles. The maximum atomic E-state index is 13.2. The van der Waals surface area contributed by atoms with Gasteiger partial charge in [-0.05, 0) is 27.5 Å². The van der Waals surface area contributed by atoms with Gasteiger partial charge < -0.3 is 9.84 Å². The fourth-order valence-electron chi connectivity index (χ4n) is 0.914. The lowest BCUT2D eigenvalue weighted by Crippen LogP contribution is -2.18. The molecule has 0 heterocycles. The molecule has 0 radical (unpaired) electrons. The molecule has 5 nitrogen and oxygen atoms in total. The van der Waals surface area contributed by atoms with Gasteiger partial charge in [-0.3, -0.25) is 0 Å². The maximum Gasteiger partial charge on any atom is 0.573 e. The number of phenols is 1. The van der Waals surface area contributed by atoms with Crippen LogP contribution in [0.25, 0.3) is 10.4 Å². The molecule has 0 fully saturated rings. The number of nitrogens with zero attached hydrogens (tertiary/aromatic N) is 3. The number of rotatable bonds is 2. The Morgan fingerprint density at radius 1 is 1.47 bits per heavy atom. The molecule has 0 bridgehead atoms. The number of ether oxygens (including phenoxy) is 1. The van der Waals surface area contributed by atoms with E-state index in [9.17, 15) is 22.7 Å². The molecule has 1 aromatic rings. The molecule has 0 saturated carbocycles. The zero-order valence-electron chi connectivity index (χ0n) is 7.66. The third kappa shape index (κ3) is 3.14. The third-order valence-electron chi connectivity index (χ3n) is 1.50. The average molecular weight is 316 g/mol. The standard InChI is InChI=1S/C7H2BrF4N3O2/c8-2-1-3(14-15-13)5(16)6(4(2)9)17-7(10,11)12/h1,16H. The van der Waals surface area contributed by atoms with Crippen molar-refractivity contribution in [1.82, 2.24) is 0 Å². The van der Waals surface area contributed by atoms with Crippen molar-refractivity contribution in [2.45, 2.75) is 6.36 Å². The van der Waals surface area contributed by atoms with Gasteiger partial charge in [-0.25, -0.2) is 4.39 Å². The van der Waals surface area contributed by atoms with Crippen molar-refractivity contribution in [2.75, 3.05) is 0 Å². The quantitative estimate of drug-likeness (QED) is 0.385. The van der Waals surface area contributed by atoms with E-state index in [1.807, 2.05) is 0 Å². The summed E-state index contributed by atoms with van der Waals surface area (Å²) in [7, 11) is 0. The van der Waals surface area contributed by atoms with Crippen molar-refractivity contribution in [3.05, 3.63) is 26.8 Å². The van der Waals surface area contributed by atoms with Crippen LogP contribution >= 0.6 is 15.9 Å². The molecule has 1 rings (SSSR count). The molecule has 0 spiro atoms. The summed E-state index contributed by atoms with van der Waals surface area (Å²) in [6, 6.07) is 0.813. The first kappa shape index (κ1) is 13.4. The fourth-order valence-corrected chi connectivity index (χ4v) is 1.31. The molecule has 0 atom stereocenters. The van der Waals surface area contributed by atoms with E-state index in [0.29, 0.717) is 0 Å². The molecule has 92 valence electrons. The van der Waals surface area contributed by atoms with E-state index in [1.54, 1.807) is 0 Å². The maximum absolute atomic E-state index is 13.2. The van der Waals surface area contributed by atoms with Crippen LogP contribution in [-0.4, -0.2) is 11.5 Å². The Balaban J connectivity index is 3.41. The summed E-state index contributed by atoms with van der Waals surface area (Å²) < 4.78 is 51.9. The second-order valence-electron chi connectivity index (χ2n) is 2.61. The van der Waals surface area contributed by atoms with Gasteiger partial charge in [0.05, 0.1) is 10.2 Å². The second-order valence-corrected chi connectivity index (χ2v) is 3.46. The third-order valence-corrected chi connectivity index (χ3v) is 2.08. The number of aromatic hydroxyl groups is 1. The Hall–Kier alpha value is -1.67. The van der Waals surface area contributed by atoms with Gasteiger partial charge in [0.1, 0.15) is 0 Å². The van der Waals surface area contributed by atoms with E-state index in [1.165, 1.54) is 0 Å². The first-order valence-corrected chi connectivity index (χ1v) is 4.57. The van der Waals surface area contributed by atoms with Gasteiger partial charge >= 0.3 is 6.36 Å². The highest BCUT2D eigenvalue weighted by molar-refractivity contribution is 9.10. The van der Waals surface area contributed by atoms with E-state index in [0.717, 1.165) is 6.07 Å². The van der Waals surface area contributed by atoms with Crippen molar-refractivity contribution >= 4 is 21.6 Å². The monoisotopic (exact) mass is 315 g/mol. The first-order valence-electron chi connectivity index (χ1n) is 3.78. The van der Waals surface area contributed by atoms with Gasteiger partial charge in [-0.15, -0.1) is 13.2 Å². The molecule has 10 heteroatoms. The molecule has 0 aromatic heterocycles. The van der Waals surface area contributed by atoms with Crippen LogP contribution in [0.3, 0.4) is 0 Å². The Bertz CT molecular complexity index is 499. The van der Waals surface area contributed by atoms with Crippen LogP contribution in [-0.2, 0) is 0 Å². The molecule has 0 amide bonds. The van der Waals surface area contributed by atoms with E-state index >= 15 is 0 Å². The van der Waals surface area contributed by atoms with E-state index in [4.69, 9.17) is 5.53 Å². The summed E-state index contributed by atoms with van der Waals surface area (Å²) in [6.45, 7) is 0. The van der Waals surface area contributed by atoms with Gasteiger partial charge in [0.15, 0.2) is 11.6 Å². The Morgan fingerprint density at radius 3 is 2.53 bits per heavy atom. The first-order chi connectivity index (χ1) is 7.76. The van der Waals surface area contributed by atoms with Gasteiger partial charge in [0.2, 0.25) is 5.75 Å². The SMILES string of the molecule is [N-]=[N+]=Nc1cc(Br)c(F)c(OC(F)(F)F)c1O. The number of phenolic OH excluding ortho intramolecular Hbond substituents is 1. The lowest BCUT2D eigenvalue weighted by Gasteiger charge is -2.13. The van der Waals surface area contributed by atoms with Crippen molar-refractivity contribution in [3.63, 3.8) is 0 Å². The minimum absolute atomic E-state index is 0.447. The summed E-state index contributed by atoms with van der Waals surface area (Å²) in [6.07, 6.45) is -5.19.